The van der Waals surface area contributed by atoms with Crippen LogP contribution in [0.2, 0.25) is 0 Å². The molecule has 3 rings (SSSR count). The molecule has 0 spiro atoms. The Hall–Kier alpha value is -1.09. The SMILES string of the molecule is Cc1cccnc1NC1CCOC1C1CC1. The molecule has 86 valence electrons. The number of nitrogens with zero attached hydrogens (tertiary/aromatic N) is 1. The van der Waals surface area contributed by atoms with Gasteiger partial charge in [-0.3, -0.25) is 0 Å². The second kappa shape index (κ2) is 4.06. The van der Waals surface area contributed by atoms with Crippen molar-refractivity contribution >= 4 is 5.82 Å². The molecule has 1 aliphatic carbocycles. The molecule has 1 aromatic heterocycles. The normalized spacial score (nSPS) is 29.3. The van der Waals surface area contributed by atoms with Crippen molar-refractivity contribution in [2.75, 3.05) is 11.9 Å². The van der Waals surface area contributed by atoms with Gasteiger partial charge in [0.25, 0.3) is 0 Å². The molecule has 2 aliphatic rings. The molecule has 2 atom stereocenters. The molecule has 0 radical (unpaired) electrons. The number of aryl methyl sites for hydroxylation is 1. The Bertz CT molecular complexity index is 376. The second-order valence-electron chi connectivity index (χ2n) is 4.88. The first-order valence-corrected chi connectivity index (χ1v) is 6.14. The molecule has 3 heteroatoms. The summed E-state index contributed by atoms with van der Waals surface area (Å²) < 4.78 is 5.81. The topological polar surface area (TPSA) is 34.2 Å². The highest BCUT2D eigenvalue weighted by atomic mass is 16.5. The lowest BCUT2D eigenvalue weighted by atomic mass is 10.1. The summed E-state index contributed by atoms with van der Waals surface area (Å²) in [4.78, 5) is 4.39. The Kier molecular flexibility index (Phi) is 2.56. The standard InChI is InChI=1S/C13H18N2O/c1-9-3-2-7-14-13(9)15-11-6-8-16-12(11)10-4-5-10/h2-3,7,10-12H,4-6,8H2,1H3,(H,14,15). The fourth-order valence-electron chi connectivity index (χ4n) is 2.47. The van der Waals surface area contributed by atoms with Crippen molar-refractivity contribution in [2.24, 2.45) is 5.92 Å². The molecule has 1 aromatic rings. The maximum Gasteiger partial charge on any atom is 0.129 e. The van der Waals surface area contributed by atoms with Gasteiger partial charge < -0.3 is 10.1 Å². The smallest absolute Gasteiger partial charge is 0.129 e. The van der Waals surface area contributed by atoms with Gasteiger partial charge in [0.15, 0.2) is 0 Å². The van der Waals surface area contributed by atoms with E-state index in [1.165, 1.54) is 18.4 Å². The van der Waals surface area contributed by atoms with Crippen LogP contribution in [0, 0.1) is 12.8 Å². The van der Waals surface area contributed by atoms with Gasteiger partial charge in [-0.05, 0) is 43.7 Å². The third kappa shape index (κ3) is 1.92. The highest BCUT2D eigenvalue weighted by Gasteiger charge is 2.40. The Balaban J connectivity index is 1.71. The van der Waals surface area contributed by atoms with Crippen LogP contribution in [0.15, 0.2) is 18.3 Å². The number of anilines is 1. The maximum atomic E-state index is 5.81. The van der Waals surface area contributed by atoms with E-state index in [0.717, 1.165) is 24.8 Å². The average molecular weight is 218 g/mol. The largest absolute Gasteiger partial charge is 0.376 e. The number of aromatic nitrogens is 1. The zero-order chi connectivity index (χ0) is 11.0. The summed E-state index contributed by atoms with van der Waals surface area (Å²) in [5.41, 5.74) is 1.21. The third-order valence-electron chi connectivity index (χ3n) is 3.55. The van der Waals surface area contributed by atoms with Crippen molar-refractivity contribution in [1.82, 2.24) is 4.98 Å². The molecule has 1 saturated carbocycles. The molecule has 16 heavy (non-hydrogen) atoms. The maximum absolute atomic E-state index is 5.81. The molecular weight excluding hydrogens is 200 g/mol. The van der Waals surface area contributed by atoms with Crippen molar-refractivity contribution in [2.45, 2.75) is 38.3 Å². The lowest BCUT2D eigenvalue weighted by Gasteiger charge is -2.20. The van der Waals surface area contributed by atoms with Crippen LogP contribution in [0.25, 0.3) is 0 Å². The molecule has 1 saturated heterocycles. The van der Waals surface area contributed by atoms with Crippen molar-refractivity contribution in [1.29, 1.82) is 0 Å². The second-order valence-corrected chi connectivity index (χ2v) is 4.88. The van der Waals surface area contributed by atoms with Gasteiger partial charge in [0.2, 0.25) is 0 Å². The van der Waals surface area contributed by atoms with E-state index in [0.29, 0.717) is 12.1 Å². The van der Waals surface area contributed by atoms with E-state index in [2.05, 4.69) is 23.3 Å². The summed E-state index contributed by atoms with van der Waals surface area (Å²) in [7, 11) is 0. The fourth-order valence-corrected chi connectivity index (χ4v) is 2.47. The first kappa shape index (κ1) is 10.1. The van der Waals surface area contributed by atoms with Crippen LogP contribution in [-0.4, -0.2) is 23.7 Å². The molecule has 0 amide bonds. The predicted molar refractivity (Wildman–Crippen MR) is 63.5 cm³/mol. The minimum atomic E-state index is 0.418. The summed E-state index contributed by atoms with van der Waals surface area (Å²) in [6, 6.07) is 4.53. The van der Waals surface area contributed by atoms with Crippen molar-refractivity contribution in [3.8, 4) is 0 Å². The minimum Gasteiger partial charge on any atom is -0.376 e. The molecule has 1 N–H and O–H groups in total. The zero-order valence-corrected chi connectivity index (χ0v) is 9.65. The van der Waals surface area contributed by atoms with Gasteiger partial charge in [-0.25, -0.2) is 4.98 Å². The number of nitrogens with one attached hydrogen (secondary N) is 1. The minimum absolute atomic E-state index is 0.418. The van der Waals surface area contributed by atoms with Gasteiger partial charge in [-0.1, -0.05) is 6.07 Å². The monoisotopic (exact) mass is 218 g/mol. The Morgan fingerprint density at radius 2 is 2.25 bits per heavy atom. The number of hydrogen-bond acceptors (Lipinski definition) is 3. The lowest BCUT2D eigenvalue weighted by Crippen LogP contribution is -2.31. The molecule has 0 bridgehead atoms. The number of rotatable bonds is 3. The summed E-state index contributed by atoms with van der Waals surface area (Å²) in [6.07, 6.45) is 6.05. The highest BCUT2D eigenvalue weighted by Crippen LogP contribution is 2.39. The Labute approximate surface area is 96.2 Å². The van der Waals surface area contributed by atoms with E-state index in [1.54, 1.807) is 0 Å². The van der Waals surface area contributed by atoms with Crippen LogP contribution in [0.4, 0.5) is 5.82 Å². The van der Waals surface area contributed by atoms with E-state index in [-0.39, 0.29) is 0 Å². The van der Waals surface area contributed by atoms with E-state index in [9.17, 15) is 0 Å². The van der Waals surface area contributed by atoms with Crippen LogP contribution >= 0.6 is 0 Å². The zero-order valence-electron chi connectivity index (χ0n) is 9.65. The van der Waals surface area contributed by atoms with Gasteiger partial charge in [-0.2, -0.15) is 0 Å². The van der Waals surface area contributed by atoms with Crippen molar-refractivity contribution in [3.63, 3.8) is 0 Å². The van der Waals surface area contributed by atoms with Gasteiger partial charge in [-0.15, -0.1) is 0 Å². The van der Waals surface area contributed by atoms with Crippen molar-refractivity contribution < 1.29 is 4.74 Å². The summed E-state index contributed by atoms with van der Waals surface area (Å²) in [6.45, 7) is 2.99. The van der Waals surface area contributed by atoms with Crippen LogP contribution in [0.5, 0.6) is 0 Å². The first-order valence-electron chi connectivity index (χ1n) is 6.14. The Morgan fingerprint density at radius 1 is 1.38 bits per heavy atom. The summed E-state index contributed by atoms with van der Waals surface area (Å²) in [5.74, 6) is 1.81. The van der Waals surface area contributed by atoms with Crippen LogP contribution in [-0.2, 0) is 4.74 Å². The van der Waals surface area contributed by atoms with E-state index < -0.39 is 0 Å². The molecule has 2 unspecified atom stereocenters. The molecule has 1 aliphatic heterocycles. The van der Waals surface area contributed by atoms with Gasteiger partial charge in [0.05, 0.1) is 12.1 Å². The quantitative estimate of drug-likeness (QED) is 0.845. The molecule has 2 fully saturated rings. The van der Waals surface area contributed by atoms with E-state index >= 15 is 0 Å². The summed E-state index contributed by atoms with van der Waals surface area (Å²) in [5, 5.41) is 3.54. The van der Waals surface area contributed by atoms with Crippen LogP contribution < -0.4 is 5.32 Å². The highest BCUT2D eigenvalue weighted by molar-refractivity contribution is 5.44. The summed E-state index contributed by atoms with van der Waals surface area (Å²) >= 11 is 0. The van der Waals surface area contributed by atoms with Crippen LogP contribution in [0.1, 0.15) is 24.8 Å². The third-order valence-corrected chi connectivity index (χ3v) is 3.55. The van der Waals surface area contributed by atoms with Crippen molar-refractivity contribution in [3.05, 3.63) is 23.9 Å². The van der Waals surface area contributed by atoms with E-state index in [1.807, 2.05) is 12.3 Å². The van der Waals surface area contributed by atoms with Gasteiger partial charge in [0.1, 0.15) is 5.82 Å². The molecule has 3 nitrogen and oxygen atoms in total. The van der Waals surface area contributed by atoms with Crippen LogP contribution in [0.3, 0.4) is 0 Å². The molecule has 0 aromatic carbocycles. The average Bonchev–Trinajstić information content (AvgIpc) is 3.03. The Morgan fingerprint density at radius 3 is 3.00 bits per heavy atom. The lowest BCUT2D eigenvalue weighted by molar-refractivity contribution is 0.0898. The van der Waals surface area contributed by atoms with Gasteiger partial charge >= 0.3 is 0 Å². The number of ether oxygens (including phenoxy) is 1. The molecule has 2 heterocycles. The van der Waals surface area contributed by atoms with Gasteiger partial charge in [0, 0.05) is 12.8 Å². The first-order chi connectivity index (χ1) is 7.84. The fraction of sp³-hybridized carbons (Fsp3) is 0.615. The molecular formula is C13H18N2O. The number of hydrogen-bond donors (Lipinski definition) is 1. The predicted octanol–water partition coefficient (Wildman–Crippen LogP) is 2.37. The van der Waals surface area contributed by atoms with E-state index in [4.69, 9.17) is 4.74 Å². The number of pyridine rings is 1.